The molecular weight excluding hydrogens is 342 g/mol. The first-order chi connectivity index (χ1) is 13.0. The molecule has 2 aromatic carbocycles. The van der Waals surface area contributed by atoms with Gasteiger partial charge in [-0.3, -0.25) is 14.5 Å². The molecule has 0 saturated heterocycles. The molecule has 0 spiro atoms. The summed E-state index contributed by atoms with van der Waals surface area (Å²) in [5, 5.41) is 5.57. The molecule has 0 fully saturated rings. The van der Waals surface area contributed by atoms with Crippen molar-refractivity contribution in [3.05, 3.63) is 65.2 Å². The fourth-order valence-electron chi connectivity index (χ4n) is 3.15. The number of carbonyl (C=O) groups excluding carboxylic acids is 3. The Morgan fingerprint density at radius 3 is 2.22 bits per heavy atom. The Bertz CT molecular complexity index is 843. The molecule has 3 rings (SSSR count). The molecule has 1 aliphatic rings. The maximum Gasteiger partial charge on any atom is 0.319 e. The van der Waals surface area contributed by atoms with Crippen LogP contribution in [0.1, 0.15) is 52.5 Å². The van der Waals surface area contributed by atoms with Crippen LogP contribution in [0, 0.1) is 0 Å². The zero-order valence-corrected chi connectivity index (χ0v) is 15.5. The Balaban J connectivity index is 1.56. The van der Waals surface area contributed by atoms with E-state index in [9.17, 15) is 14.4 Å². The number of hydrogen-bond acceptors (Lipinski definition) is 3. The summed E-state index contributed by atoms with van der Waals surface area (Å²) in [6.07, 6.45) is 0.972. The lowest BCUT2D eigenvalue weighted by molar-refractivity contribution is 0.0656. The van der Waals surface area contributed by atoms with Crippen molar-refractivity contribution in [1.29, 1.82) is 0 Å². The Morgan fingerprint density at radius 2 is 1.59 bits per heavy atom. The molecule has 140 valence electrons. The zero-order chi connectivity index (χ0) is 19.4. The molecule has 6 heteroatoms. The molecule has 1 atom stereocenters. The molecule has 2 N–H and O–H groups in total. The number of carbonyl (C=O) groups is 3. The summed E-state index contributed by atoms with van der Waals surface area (Å²) in [6, 6.07) is 14.1. The van der Waals surface area contributed by atoms with Crippen LogP contribution in [0.15, 0.2) is 48.5 Å². The number of anilines is 1. The Kier molecular flexibility index (Phi) is 5.54. The van der Waals surface area contributed by atoms with E-state index in [0.29, 0.717) is 17.0 Å². The number of nitrogens with one attached hydrogen (secondary N) is 2. The van der Waals surface area contributed by atoms with Crippen LogP contribution in [-0.4, -0.2) is 35.8 Å². The normalized spacial score (nSPS) is 14.1. The highest BCUT2D eigenvalue weighted by Gasteiger charge is 2.34. The smallest absolute Gasteiger partial charge is 0.319 e. The van der Waals surface area contributed by atoms with Gasteiger partial charge in [-0.25, -0.2) is 4.79 Å². The largest absolute Gasteiger partial charge is 0.336 e. The highest BCUT2D eigenvalue weighted by Crippen LogP contribution is 2.26. The van der Waals surface area contributed by atoms with E-state index in [1.54, 1.807) is 24.3 Å². The first-order valence-electron chi connectivity index (χ1n) is 9.12. The highest BCUT2D eigenvalue weighted by molar-refractivity contribution is 6.21. The minimum atomic E-state index is -0.359. The van der Waals surface area contributed by atoms with Crippen molar-refractivity contribution in [2.24, 2.45) is 0 Å². The average molecular weight is 365 g/mol. The number of nitrogens with zero attached hydrogens (tertiary/aromatic N) is 1. The molecule has 0 saturated carbocycles. The van der Waals surface area contributed by atoms with Crippen LogP contribution < -0.4 is 10.6 Å². The summed E-state index contributed by atoms with van der Waals surface area (Å²) >= 11 is 0. The number of imide groups is 1. The minimum Gasteiger partial charge on any atom is -0.336 e. The molecule has 0 radical (unpaired) electrons. The van der Waals surface area contributed by atoms with Gasteiger partial charge in [-0.2, -0.15) is 0 Å². The van der Waals surface area contributed by atoms with Gasteiger partial charge in [0.1, 0.15) is 0 Å². The Hall–Kier alpha value is -3.15. The van der Waals surface area contributed by atoms with Crippen LogP contribution in [0.3, 0.4) is 0 Å². The molecule has 2 aromatic rings. The molecule has 1 heterocycles. The highest BCUT2D eigenvalue weighted by atomic mass is 16.2. The standard InChI is InChI=1S/C21H23N3O3/c1-3-14(2)15-8-6-7-11-18(15)23-21(27)22-12-13-24-19(25)16-9-4-5-10-17(16)20(24)26/h4-11,14H,3,12-13H2,1-2H3,(H2,22,23,27). The number of rotatable bonds is 6. The lowest BCUT2D eigenvalue weighted by Crippen LogP contribution is -2.39. The third-order valence-electron chi connectivity index (χ3n) is 4.85. The third kappa shape index (κ3) is 3.84. The quantitative estimate of drug-likeness (QED) is 0.768. The molecule has 4 amide bonds. The van der Waals surface area contributed by atoms with Gasteiger partial charge in [0.25, 0.3) is 11.8 Å². The lowest BCUT2D eigenvalue weighted by Gasteiger charge is -2.17. The van der Waals surface area contributed by atoms with Crippen LogP contribution in [0.4, 0.5) is 10.5 Å². The number of para-hydroxylation sites is 1. The summed E-state index contributed by atoms with van der Waals surface area (Å²) in [5.74, 6) is -0.306. The van der Waals surface area contributed by atoms with Crippen molar-refractivity contribution in [2.75, 3.05) is 18.4 Å². The van der Waals surface area contributed by atoms with Gasteiger partial charge < -0.3 is 10.6 Å². The van der Waals surface area contributed by atoms with Crippen molar-refractivity contribution >= 4 is 23.5 Å². The van der Waals surface area contributed by atoms with Crippen LogP contribution >= 0.6 is 0 Å². The first kappa shape index (κ1) is 18.6. The number of hydrogen-bond donors (Lipinski definition) is 2. The molecule has 0 bridgehead atoms. The van der Waals surface area contributed by atoms with Crippen LogP contribution in [0.25, 0.3) is 0 Å². The fourth-order valence-corrected chi connectivity index (χ4v) is 3.15. The third-order valence-corrected chi connectivity index (χ3v) is 4.85. The minimum absolute atomic E-state index is 0.132. The molecule has 1 unspecified atom stereocenters. The van der Waals surface area contributed by atoms with Gasteiger partial charge in [0.05, 0.1) is 11.1 Å². The van der Waals surface area contributed by atoms with E-state index in [2.05, 4.69) is 24.5 Å². The monoisotopic (exact) mass is 365 g/mol. The summed E-state index contributed by atoms with van der Waals surface area (Å²) in [6.45, 7) is 4.53. The van der Waals surface area contributed by atoms with Gasteiger partial charge >= 0.3 is 6.03 Å². The molecule has 27 heavy (non-hydrogen) atoms. The maximum atomic E-state index is 12.3. The zero-order valence-electron chi connectivity index (χ0n) is 15.5. The predicted molar refractivity (Wildman–Crippen MR) is 104 cm³/mol. The van der Waals surface area contributed by atoms with E-state index in [-0.39, 0.29) is 30.9 Å². The number of amides is 4. The van der Waals surface area contributed by atoms with Crippen LogP contribution in [0.2, 0.25) is 0 Å². The fraction of sp³-hybridized carbons (Fsp3) is 0.286. The topological polar surface area (TPSA) is 78.5 Å². The Labute approximate surface area is 158 Å². The first-order valence-corrected chi connectivity index (χ1v) is 9.12. The summed E-state index contributed by atoms with van der Waals surface area (Å²) in [5.41, 5.74) is 2.67. The van der Waals surface area contributed by atoms with E-state index in [1.807, 2.05) is 24.3 Å². The van der Waals surface area contributed by atoms with Crippen molar-refractivity contribution in [2.45, 2.75) is 26.2 Å². The van der Waals surface area contributed by atoms with Crippen LogP contribution in [0.5, 0.6) is 0 Å². The molecule has 1 aliphatic heterocycles. The van der Waals surface area contributed by atoms with E-state index >= 15 is 0 Å². The second-order valence-electron chi connectivity index (χ2n) is 6.58. The molecule has 6 nitrogen and oxygen atoms in total. The van der Waals surface area contributed by atoms with E-state index in [0.717, 1.165) is 22.6 Å². The molecule has 0 aliphatic carbocycles. The lowest BCUT2D eigenvalue weighted by atomic mass is 9.97. The van der Waals surface area contributed by atoms with Gasteiger partial charge in [0, 0.05) is 18.8 Å². The van der Waals surface area contributed by atoms with Crippen molar-refractivity contribution in [3.63, 3.8) is 0 Å². The number of benzene rings is 2. The predicted octanol–water partition coefficient (Wildman–Crippen LogP) is 3.62. The van der Waals surface area contributed by atoms with Crippen molar-refractivity contribution < 1.29 is 14.4 Å². The number of urea groups is 1. The second kappa shape index (κ2) is 8.03. The van der Waals surface area contributed by atoms with Crippen molar-refractivity contribution in [1.82, 2.24) is 10.2 Å². The second-order valence-corrected chi connectivity index (χ2v) is 6.58. The van der Waals surface area contributed by atoms with Gasteiger partial charge in [0.2, 0.25) is 0 Å². The molecular formula is C21H23N3O3. The summed E-state index contributed by atoms with van der Waals surface area (Å²) in [7, 11) is 0. The Morgan fingerprint density at radius 1 is 1.00 bits per heavy atom. The van der Waals surface area contributed by atoms with Gasteiger partial charge in [0.15, 0.2) is 0 Å². The average Bonchev–Trinajstić information content (AvgIpc) is 2.93. The van der Waals surface area contributed by atoms with Gasteiger partial charge in [-0.05, 0) is 36.1 Å². The summed E-state index contributed by atoms with van der Waals surface area (Å²) < 4.78 is 0. The van der Waals surface area contributed by atoms with Crippen LogP contribution in [-0.2, 0) is 0 Å². The van der Waals surface area contributed by atoms with Gasteiger partial charge in [-0.15, -0.1) is 0 Å². The van der Waals surface area contributed by atoms with E-state index < -0.39 is 0 Å². The maximum absolute atomic E-state index is 12.3. The number of fused-ring (bicyclic) bond motifs is 1. The van der Waals surface area contributed by atoms with E-state index in [4.69, 9.17) is 0 Å². The van der Waals surface area contributed by atoms with Gasteiger partial charge in [-0.1, -0.05) is 44.2 Å². The summed E-state index contributed by atoms with van der Waals surface area (Å²) in [4.78, 5) is 38.0. The van der Waals surface area contributed by atoms with Crippen molar-refractivity contribution in [3.8, 4) is 0 Å². The molecule has 0 aromatic heterocycles. The SMILES string of the molecule is CCC(C)c1ccccc1NC(=O)NCCN1C(=O)c2ccccc2C1=O. The van der Waals surface area contributed by atoms with E-state index in [1.165, 1.54) is 0 Å².